The Bertz CT molecular complexity index is 248. The van der Waals surface area contributed by atoms with E-state index in [1.807, 2.05) is 4.90 Å². The highest BCUT2D eigenvalue weighted by Gasteiger charge is 2.18. The molecule has 1 unspecified atom stereocenters. The Morgan fingerprint density at radius 2 is 2.25 bits per heavy atom. The van der Waals surface area contributed by atoms with Crippen LogP contribution in [0.15, 0.2) is 12.2 Å². The number of amides is 1. The maximum absolute atomic E-state index is 11.3. The summed E-state index contributed by atoms with van der Waals surface area (Å²) < 4.78 is 0. The predicted octanol–water partition coefficient (Wildman–Crippen LogP) is 1.75. The van der Waals surface area contributed by atoms with Crippen molar-refractivity contribution >= 4 is 5.91 Å². The first kappa shape index (κ1) is 13.2. The summed E-state index contributed by atoms with van der Waals surface area (Å²) in [4.78, 5) is 15.4. The number of hydrogen-bond acceptors (Lipinski definition) is 2. The Morgan fingerprint density at radius 3 is 2.88 bits per heavy atom. The Kier molecular flexibility index (Phi) is 5.53. The van der Waals surface area contributed by atoms with Crippen molar-refractivity contribution in [2.75, 3.05) is 33.7 Å². The van der Waals surface area contributed by atoms with Crippen LogP contribution in [-0.2, 0) is 4.79 Å². The van der Waals surface area contributed by atoms with E-state index in [4.69, 9.17) is 0 Å². The molecule has 92 valence electrons. The number of likely N-dealkylation sites (tertiary alicyclic amines) is 1. The number of carbonyl (C=O) groups is 1. The van der Waals surface area contributed by atoms with Crippen molar-refractivity contribution in [1.82, 2.24) is 9.80 Å². The standard InChI is InChI=1S/C13H24N2O/c1-12(16)15-10-6-8-13(11-15)7-4-5-9-14(2)3/h4,7,13H,5-6,8-11H2,1-3H3/b7-4-. The molecular weight excluding hydrogens is 200 g/mol. The van der Waals surface area contributed by atoms with E-state index in [9.17, 15) is 4.79 Å². The lowest BCUT2D eigenvalue weighted by Crippen LogP contribution is -2.37. The van der Waals surface area contributed by atoms with Gasteiger partial charge in [-0.15, -0.1) is 0 Å². The normalized spacial score (nSPS) is 22.0. The highest BCUT2D eigenvalue weighted by molar-refractivity contribution is 5.73. The average molecular weight is 224 g/mol. The van der Waals surface area contributed by atoms with Gasteiger partial charge in [0.2, 0.25) is 5.91 Å². The van der Waals surface area contributed by atoms with Crippen LogP contribution in [0.3, 0.4) is 0 Å². The lowest BCUT2D eigenvalue weighted by Gasteiger charge is -2.30. The molecule has 0 radical (unpaired) electrons. The van der Waals surface area contributed by atoms with Crippen LogP contribution < -0.4 is 0 Å². The fourth-order valence-corrected chi connectivity index (χ4v) is 2.07. The topological polar surface area (TPSA) is 23.6 Å². The molecule has 1 atom stereocenters. The van der Waals surface area contributed by atoms with E-state index >= 15 is 0 Å². The summed E-state index contributed by atoms with van der Waals surface area (Å²) in [5.41, 5.74) is 0. The van der Waals surface area contributed by atoms with Crippen molar-refractivity contribution in [3.8, 4) is 0 Å². The molecule has 0 aromatic carbocycles. The van der Waals surface area contributed by atoms with Gasteiger partial charge < -0.3 is 9.80 Å². The number of piperidine rings is 1. The minimum Gasteiger partial charge on any atom is -0.342 e. The van der Waals surface area contributed by atoms with Crippen molar-refractivity contribution in [2.24, 2.45) is 5.92 Å². The molecule has 1 fully saturated rings. The minimum absolute atomic E-state index is 0.214. The van der Waals surface area contributed by atoms with Gasteiger partial charge in [-0.1, -0.05) is 12.2 Å². The summed E-state index contributed by atoms with van der Waals surface area (Å²) in [6, 6.07) is 0. The van der Waals surface area contributed by atoms with Crippen LogP contribution in [0.5, 0.6) is 0 Å². The van der Waals surface area contributed by atoms with Crippen molar-refractivity contribution in [3.63, 3.8) is 0 Å². The summed E-state index contributed by atoms with van der Waals surface area (Å²) in [5, 5.41) is 0. The molecule has 0 aromatic rings. The van der Waals surface area contributed by atoms with E-state index in [0.29, 0.717) is 5.92 Å². The molecule has 1 aliphatic rings. The fourth-order valence-electron chi connectivity index (χ4n) is 2.07. The van der Waals surface area contributed by atoms with Gasteiger partial charge in [0.05, 0.1) is 0 Å². The molecular formula is C13H24N2O. The second-order valence-corrected chi connectivity index (χ2v) is 4.89. The number of hydrogen-bond donors (Lipinski definition) is 0. The average Bonchev–Trinajstić information content (AvgIpc) is 2.24. The van der Waals surface area contributed by atoms with E-state index in [2.05, 4.69) is 31.1 Å². The molecule has 0 spiro atoms. The van der Waals surface area contributed by atoms with Crippen LogP contribution in [0.25, 0.3) is 0 Å². The molecule has 0 bridgehead atoms. The lowest BCUT2D eigenvalue weighted by molar-refractivity contribution is -0.130. The first-order valence-corrected chi connectivity index (χ1v) is 6.16. The first-order valence-electron chi connectivity index (χ1n) is 6.16. The van der Waals surface area contributed by atoms with Crippen molar-refractivity contribution in [1.29, 1.82) is 0 Å². The molecule has 0 N–H and O–H groups in total. The summed E-state index contributed by atoms with van der Waals surface area (Å²) in [5.74, 6) is 0.784. The Morgan fingerprint density at radius 1 is 1.50 bits per heavy atom. The zero-order valence-corrected chi connectivity index (χ0v) is 10.8. The predicted molar refractivity (Wildman–Crippen MR) is 67.3 cm³/mol. The molecule has 0 saturated carbocycles. The van der Waals surface area contributed by atoms with Gasteiger partial charge in [0.1, 0.15) is 0 Å². The number of nitrogens with zero attached hydrogens (tertiary/aromatic N) is 2. The van der Waals surface area contributed by atoms with Gasteiger partial charge in [0.15, 0.2) is 0 Å². The molecule has 1 rings (SSSR count). The van der Waals surface area contributed by atoms with E-state index in [-0.39, 0.29) is 5.91 Å². The number of rotatable bonds is 4. The van der Waals surface area contributed by atoms with E-state index < -0.39 is 0 Å². The van der Waals surface area contributed by atoms with Crippen LogP contribution in [0, 0.1) is 5.92 Å². The van der Waals surface area contributed by atoms with Crippen LogP contribution in [0.2, 0.25) is 0 Å². The summed E-state index contributed by atoms with van der Waals surface area (Å²) in [6.07, 6.45) is 8.01. The molecule has 0 aromatic heterocycles. The maximum Gasteiger partial charge on any atom is 0.219 e. The number of carbonyl (C=O) groups excluding carboxylic acids is 1. The van der Waals surface area contributed by atoms with Gasteiger partial charge in [0, 0.05) is 26.6 Å². The van der Waals surface area contributed by atoms with Gasteiger partial charge in [-0.25, -0.2) is 0 Å². The van der Waals surface area contributed by atoms with Crippen LogP contribution in [-0.4, -0.2) is 49.4 Å². The van der Waals surface area contributed by atoms with Crippen molar-refractivity contribution in [2.45, 2.75) is 26.2 Å². The third-order valence-electron chi connectivity index (χ3n) is 3.05. The van der Waals surface area contributed by atoms with E-state index in [1.165, 1.54) is 6.42 Å². The lowest BCUT2D eigenvalue weighted by atomic mass is 9.97. The molecule has 16 heavy (non-hydrogen) atoms. The Hall–Kier alpha value is -0.830. The van der Waals surface area contributed by atoms with Crippen molar-refractivity contribution < 1.29 is 4.79 Å². The molecule has 1 heterocycles. The van der Waals surface area contributed by atoms with Gasteiger partial charge in [0.25, 0.3) is 0 Å². The van der Waals surface area contributed by atoms with Gasteiger partial charge >= 0.3 is 0 Å². The minimum atomic E-state index is 0.214. The highest BCUT2D eigenvalue weighted by Crippen LogP contribution is 2.17. The zero-order valence-electron chi connectivity index (χ0n) is 10.8. The summed E-state index contributed by atoms with van der Waals surface area (Å²) in [6.45, 7) is 4.61. The SMILES string of the molecule is CC(=O)N1CCCC(/C=C\CCN(C)C)C1. The third-order valence-corrected chi connectivity index (χ3v) is 3.05. The Balaban J connectivity index is 2.28. The zero-order chi connectivity index (χ0) is 12.0. The van der Waals surface area contributed by atoms with E-state index in [1.54, 1.807) is 6.92 Å². The quantitative estimate of drug-likeness (QED) is 0.679. The smallest absolute Gasteiger partial charge is 0.219 e. The molecule has 1 saturated heterocycles. The first-order chi connectivity index (χ1) is 7.59. The van der Waals surface area contributed by atoms with E-state index in [0.717, 1.165) is 32.5 Å². The largest absolute Gasteiger partial charge is 0.342 e. The van der Waals surface area contributed by atoms with Crippen LogP contribution >= 0.6 is 0 Å². The summed E-state index contributed by atoms with van der Waals surface area (Å²) in [7, 11) is 4.18. The molecule has 3 heteroatoms. The molecule has 1 aliphatic heterocycles. The molecule has 1 amide bonds. The molecule has 3 nitrogen and oxygen atoms in total. The van der Waals surface area contributed by atoms with Crippen LogP contribution in [0.4, 0.5) is 0 Å². The van der Waals surface area contributed by atoms with Crippen LogP contribution in [0.1, 0.15) is 26.2 Å². The van der Waals surface area contributed by atoms with Gasteiger partial charge in [-0.2, -0.15) is 0 Å². The monoisotopic (exact) mass is 224 g/mol. The second kappa shape index (κ2) is 6.69. The second-order valence-electron chi connectivity index (χ2n) is 4.89. The molecule has 0 aliphatic carbocycles. The Labute approximate surface area is 99.1 Å². The van der Waals surface area contributed by atoms with Crippen molar-refractivity contribution in [3.05, 3.63) is 12.2 Å². The summed E-state index contributed by atoms with van der Waals surface area (Å²) >= 11 is 0. The fraction of sp³-hybridized carbons (Fsp3) is 0.769. The third kappa shape index (κ3) is 4.79. The maximum atomic E-state index is 11.3. The van der Waals surface area contributed by atoms with Gasteiger partial charge in [-0.3, -0.25) is 4.79 Å². The van der Waals surface area contributed by atoms with Gasteiger partial charge in [-0.05, 0) is 39.3 Å². The highest BCUT2D eigenvalue weighted by atomic mass is 16.2.